The normalized spacial score (nSPS) is 12.6. The molecule has 134 valence electrons. The molecule has 1 aromatic carbocycles. The predicted molar refractivity (Wildman–Crippen MR) is 86.8 cm³/mol. The third-order valence-corrected chi connectivity index (χ3v) is 4.00. The zero-order chi connectivity index (χ0) is 18.5. The molecule has 0 saturated heterocycles. The summed E-state index contributed by atoms with van der Waals surface area (Å²) in [7, 11) is 0. The van der Waals surface area contributed by atoms with Gasteiger partial charge in [-0.2, -0.15) is 13.2 Å². The molecule has 0 spiro atoms. The molecule has 1 N–H and O–H groups in total. The Morgan fingerprint density at radius 1 is 1.33 bits per heavy atom. The average Bonchev–Trinajstić information content (AvgIpc) is 2.47. The van der Waals surface area contributed by atoms with Crippen molar-refractivity contribution in [2.24, 2.45) is 0 Å². The second-order valence-corrected chi connectivity index (χ2v) is 5.87. The lowest BCUT2D eigenvalue weighted by atomic mass is 10.2. The van der Waals surface area contributed by atoms with Crippen LogP contribution < -0.4 is 5.32 Å². The number of carbonyl (C=O) groups is 2. The topological polar surface area (TPSA) is 49.4 Å². The molecule has 0 radical (unpaired) electrons. The van der Waals surface area contributed by atoms with Crippen molar-refractivity contribution in [1.29, 1.82) is 0 Å². The molecule has 4 nitrogen and oxygen atoms in total. The first-order chi connectivity index (χ1) is 11.1. The van der Waals surface area contributed by atoms with E-state index in [0.29, 0.717) is 0 Å². The van der Waals surface area contributed by atoms with Crippen LogP contribution in [-0.4, -0.2) is 29.3 Å². The monoisotopic (exact) mass is 364 g/mol. The number of amides is 2. The Balaban J connectivity index is 2.76. The molecule has 1 unspecified atom stereocenters. The van der Waals surface area contributed by atoms with Crippen molar-refractivity contribution >= 4 is 29.1 Å². The van der Waals surface area contributed by atoms with E-state index in [2.05, 4.69) is 5.32 Å². The fourth-order valence-corrected chi connectivity index (χ4v) is 2.31. The van der Waals surface area contributed by atoms with Gasteiger partial charge in [-0.1, -0.05) is 18.5 Å². The van der Waals surface area contributed by atoms with Crippen LogP contribution in [0, 0.1) is 0 Å². The molecular formula is C16H20ClF3N2O2. The maximum Gasteiger partial charge on any atom is 0.416 e. The summed E-state index contributed by atoms with van der Waals surface area (Å²) in [5.41, 5.74) is -0.999. The second kappa shape index (κ2) is 8.37. The SMILES string of the molecule is CCC(C)N(CCC(=O)Nc1cc(C(F)(F)F)ccc1Cl)C(C)=O. The Morgan fingerprint density at radius 2 is 1.96 bits per heavy atom. The van der Waals surface area contributed by atoms with Gasteiger partial charge in [-0.25, -0.2) is 0 Å². The molecule has 0 saturated carbocycles. The lowest BCUT2D eigenvalue weighted by molar-refractivity contribution is -0.137. The van der Waals surface area contributed by atoms with Crippen LogP contribution in [-0.2, 0) is 15.8 Å². The first-order valence-corrected chi connectivity index (χ1v) is 7.87. The Bertz CT molecular complexity index is 605. The van der Waals surface area contributed by atoms with E-state index in [9.17, 15) is 22.8 Å². The van der Waals surface area contributed by atoms with Crippen LogP contribution in [0.5, 0.6) is 0 Å². The number of rotatable bonds is 6. The summed E-state index contributed by atoms with van der Waals surface area (Å²) in [4.78, 5) is 25.1. The number of alkyl halides is 3. The van der Waals surface area contributed by atoms with Crippen molar-refractivity contribution in [3.05, 3.63) is 28.8 Å². The highest BCUT2D eigenvalue weighted by Crippen LogP contribution is 2.33. The fourth-order valence-electron chi connectivity index (χ4n) is 2.14. The highest BCUT2D eigenvalue weighted by molar-refractivity contribution is 6.33. The second-order valence-electron chi connectivity index (χ2n) is 5.46. The first-order valence-electron chi connectivity index (χ1n) is 7.50. The number of hydrogen-bond donors (Lipinski definition) is 1. The molecule has 0 fully saturated rings. The fraction of sp³-hybridized carbons (Fsp3) is 0.500. The van der Waals surface area contributed by atoms with Gasteiger partial charge in [0.1, 0.15) is 0 Å². The predicted octanol–water partition coefficient (Wildman–Crippen LogP) is 4.33. The maximum absolute atomic E-state index is 12.7. The summed E-state index contributed by atoms with van der Waals surface area (Å²) in [6.07, 6.45) is -3.82. The molecule has 1 rings (SSSR count). The average molecular weight is 365 g/mol. The zero-order valence-electron chi connectivity index (χ0n) is 13.7. The number of anilines is 1. The van der Waals surface area contributed by atoms with Gasteiger partial charge >= 0.3 is 6.18 Å². The standard InChI is InChI=1S/C16H20ClF3N2O2/c1-4-10(2)22(11(3)23)8-7-15(24)21-14-9-12(16(18,19)20)5-6-13(14)17/h5-6,9-10H,4,7-8H2,1-3H3,(H,21,24). The molecule has 2 amide bonds. The van der Waals surface area contributed by atoms with Gasteiger partial charge in [0.05, 0.1) is 16.3 Å². The van der Waals surface area contributed by atoms with Crippen molar-refractivity contribution in [1.82, 2.24) is 4.90 Å². The summed E-state index contributed by atoms with van der Waals surface area (Å²) in [5.74, 6) is -0.667. The van der Waals surface area contributed by atoms with E-state index < -0.39 is 17.6 Å². The van der Waals surface area contributed by atoms with Crippen LogP contribution in [0.3, 0.4) is 0 Å². The van der Waals surface area contributed by atoms with Gasteiger partial charge < -0.3 is 10.2 Å². The van der Waals surface area contributed by atoms with Gasteiger partial charge in [0.2, 0.25) is 11.8 Å². The van der Waals surface area contributed by atoms with Gasteiger partial charge in [0.25, 0.3) is 0 Å². The molecule has 1 aromatic rings. The molecule has 0 aliphatic carbocycles. The molecule has 24 heavy (non-hydrogen) atoms. The summed E-state index contributed by atoms with van der Waals surface area (Å²) in [6, 6.07) is 2.70. The minimum absolute atomic E-state index is 0.0155. The molecule has 1 atom stereocenters. The zero-order valence-corrected chi connectivity index (χ0v) is 14.5. The smallest absolute Gasteiger partial charge is 0.340 e. The minimum atomic E-state index is -4.52. The lowest BCUT2D eigenvalue weighted by Gasteiger charge is -2.27. The van der Waals surface area contributed by atoms with Crippen molar-refractivity contribution in [3.63, 3.8) is 0 Å². The summed E-state index contributed by atoms with van der Waals surface area (Å²) in [5, 5.41) is 2.38. The summed E-state index contributed by atoms with van der Waals surface area (Å²) >= 11 is 5.83. The highest BCUT2D eigenvalue weighted by Gasteiger charge is 2.31. The molecule has 0 aromatic heterocycles. The maximum atomic E-state index is 12.7. The number of carbonyl (C=O) groups excluding carboxylic acids is 2. The van der Waals surface area contributed by atoms with Crippen LogP contribution in [0.2, 0.25) is 5.02 Å². The number of halogens is 4. The van der Waals surface area contributed by atoms with Gasteiger partial charge in [0, 0.05) is 25.9 Å². The van der Waals surface area contributed by atoms with E-state index in [0.717, 1.165) is 24.6 Å². The van der Waals surface area contributed by atoms with E-state index in [1.54, 1.807) is 4.90 Å². The summed E-state index contributed by atoms with van der Waals surface area (Å²) in [6.45, 7) is 5.38. The Morgan fingerprint density at radius 3 is 2.46 bits per heavy atom. The number of nitrogens with one attached hydrogen (secondary N) is 1. The van der Waals surface area contributed by atoms with Gasteiger partial charge in [-0.3, -0.25) is 9.59 Å². The Hall–Kier alpha value is -1.76. The minimum Gasteiger partial charge on any atom is -0.340 e. The van der Waals surface area contributed by atoms with Crippen LogP contribution in [0.15, 0.2) is 18.2 Å². The van der Waals surface area contributed by atoms with Gasteiger partial charge in [-0.05, 0) is 31.5 Å². The summed E-state index contributed by atoms with van der Waals surface area (Å²) < 4.78 is 38.1. The molecule has 0 aliphatic rings. The van der Waals surface area contributed by atoms with E-state index in [1.807, 2.05) is 13.8 Å². The third-order valence-electron chi connectivity index (χ3n) is 3.67. The van der Waals surface area contributed by atoms with Crippen LogP contribution in [0.25, 0.3) is 0 Å². The van der Waals surface area contributed by atoms with E-state index >= 15 is 0 Å². The molecule has 0 bridgehead atoms. The number of benzene rings is 1. The van der Waals surface area contributed by atoms with Crippen molar-refractivity contribution in [3.8, 4) is 0 Å². The first kappa shape index (κ1) is 20.3. The molecular weight excluding hydrogens is 345 g/mol. The van der Waals surface area contributed by atoms with Crippen molar-refractivity contribution < 1.29 is 22.8 Å². The molecule has 0 aliphatic heterocycles. The third kappa shape index (κ3) is 5.70. The van der Waals surface area contributed by atoms with Crippen LogP contribution in [0.1, 0.15) is 39.2 Å². The lowest BCUT2D eigenvalue weighted by Crippen LogP contribution is -2.38. The Kier molecular flexibility index (Phi) is 7.08. The Labute approximate surface area is 144 Å². The quantitative estimate of drug-likeness (QED) is 0.816. The van der Waals surface area contributed by atoms with Crippen molar-refractivity contribution in [2.45, 2.75) is 45.8 Å². The van der Waals surface area contributed by atoms with Gasteiger partial charge in [0.15, 0.2) is 0 Å². The molecule has 8 heteroatoms. The molecule has 0 heterocycles. The van der Waals surface area contributed by atoms with Crippen LogP contribution >= 0.6 is 11.6 Å². The number of hydrogen-bond acceptors (Lipinski definition) is 2. The van der Waals surface area contributed by atoms with E-state index in [4.69, 9.17) is 11.6 Å². The van der Waals surface area contributed by atoms with E-state index in [1.165, 1.54) is 6.92 Å². The largest absolute Gasteiger partial charge is 0.416 e. The van der Waals surface area contributed by atoms with E-state index in [-0.39, 0.29) is 35.6 Å². The van der Waals surface area contributed by atoms with Gasteiger partial charge in [-0.15, -0.1) is 0 Å². The van der Waals surface area contributed by atoms with Crippen molar-refractivity contribution in [2.75, 3.05) is 11.9 Å². The van der Waals surface area contributed by atoms with Crippen LogP contribution in [0.4, 0.5) is 18.9 Å². The highest BCUT2D eigenvalue weighted by atomic mass is 35.5. The number of nitrogens with zero attached hydrogens (tertiary/aromatic N) is 1.